The van der Waals surface area contributed by atoms with Gasteiger partial charge in [-0.05, 0) is 0 Å². The van der Waals surface area contributed by atoms with Crippen molar-refractivity contribution in [3.8, 4) is 0 Å². The average Bonchev–Trinajstić information content (AvgIpc) is 2.03. The Morgan fingerprint density at radius 1 is 0.909 bits per heavy atom. The standard InChI is InChI=1S/C6H15NO4/c8-5-10-3-1-7-2-4-11-6-9/h7-9H,1-6H2. The van der Waals surface area contributed by atoms with Crippen molar-refractivity contribution in [2.24, 2.45) is 0 Å². The third kappa shape index (κ3) is 9.80. The molecule has 68 valence electrons. The normalized spacial score (nSPS) is 10.4. The molecule has 0 aromatic carbocycles. The maximum absolute atomic E-state index is 8.20. The molecule has 0 heterocycles. The minimum atomic E-state index is -0.241. The number of ether oxygens (including phenoxy) is 2. The molecule has 11 heavy (non-hydrogen) atoms. The van der Waals surface area contributed by atoms with E-state index in [0.29, 0.717) is 26.3 Å². The van der Waals surface area contributed by atoms with Crippen LogP contribution in [-0.2, 0) is 9.47 Å². The Labute approximate surface area is 65.9 Å². The van der Waals surface area contributed by atoms with Crippen LogP contribution < -0.4 is 5.32 Å². The lowest BCUT2D eigenvalue weighted by molar-refractivity contribution is -0.00657. The van der Waals surface area contributed by atoms with E-state index in [1.165, 1.54) is 0 Å². The van der Waals surface area contributed by atoms with Crippen molar-refractivity contribution in [3.63, 3.8) is 0 Å². The largest absolute Gasteiger partial charge is 0.371 e. The van der Waals surface area contributed by atoms with Crippen LogP contribution in [-0.4, -0.2) is 50.1 Å². The first-order valence-electron chi connectivity index (χ1n) is 3.49. The van der Waals surface area contributed by atoms with Crippen molar-refractivity contribution < 1.29 is 19.7 Å². The molecule has 0 amide bonds. The predicted molar refractivity (Wildman–Crippen MR) is 38.9 cm³/mol. The van der Waals surface area contributed by atoms with E-state index in [0.717, 1.165) is 0 Å². The van der Waals surface area contributed by atoms with Crippen molar-refractivity contribution in [1.29, 1.82) is 0 Å². The van der Waals surface area contributed by atoms with E-state index in [2.05, 4.69) is 14.8 Å². The molecule has 0 atom stereocenters. The Kier molecular flexibility index (Phi) is 9.62. The van der Waals surface area contributed by atoms with E-state index in [1.807, 2.05) is 0 Å². The summed E-state index contributed by atoms with van der Waals surface area (Å²) in [6, 6.07) is 0. The van der Waals surface area contributed by atoms with E-state index in [-0.39, 0.29) is 13.6 Å². The van der Waals surface area contributed by atoms with Gasteiger partial charge in [-0.15, -0.1) is 0 Å². The molecular weight excluding hydrogens is 150 g/mol. The van der Waals surface area contributed by atoms with Gasteiger partial charge in [-0.1, -0.05) is 0 Å². The van der Waals surface area contributed by atoms with Gasteiger partial charge in [0.15, 0.2) is 0 Å². The topological polar surface area (TPSA) is 71.0 Å². The van der Waals surface area contributed by atoms with Crippen LogP contribution in [0.15, 0.2) is 0 Å². The molecule has 0 spiro atoms. The van der Waals surface area contributed by atoms with Crippen molar-refractivity contribution in [2.45, 2.75) is 0 Å². The van der Waals surface area contributed by atoms with Crippen molar-refractivity contribution in [1.82, 2.24) is 5.32 Å². The summed E-state index contributed by atoms with van der Waals surface area (Å²) < 4.78 is 9.29. The lowest BCUT2D eigenvalue weighted by Gasteiger charge is -2.03. The quantitative estimate of drug-likeness (QED) is 0.302. The minimum Gasteiger partial charge on any atom is -0.371 e. The highest BCUT2D eigenvalue weighted by molar-refractivity contribution is 4.43. The molecule has 0 rings (SSSR count). The van der Waals surface area contributed by atoms with Gasteiger partial charge in [0.1, 0.15) is 13.6 Å². The first kappa shape index (κ1) is 10.8. The molecule has 5 heteroatoms. The molecule has 0 aliphatic carbocycles. The molecule has 0 aromatic heterocycles. The highest BCUT2D eigenvalue weighted by Crippen LogP contribution is 1.70. The maximum atomic E-state index is 8.20. The lowest BCUT2D eigenvalue weighted by atomic mass is 10.6. The third-order valence-electron chi connectivity index (χ3n) is 1.03. The number of hydrogen-bond donors (Lipinski definition) is 3. The number of hydrogen-bond acceptors (Lipinski definition) is 5. The lowest BCUT2D eigenvalue weighted by Crippen LogP contribution is -2.24. The molecule has 0 radical (unpaired) electrons. The fourth-order valence-electron chi connectivity index (χ4n) is 0.543. The van der Waals surface area contributed by atoms with E-state index >= 15 is 0 Å². The first-order valence-corrected chi connectivity index (χ1v) is 3.49. The predicted octanol–water partition coefficient (Wildman–Crippen LogP) is -1.49. The van der Waals surface area contributed by atoms with Gasteiger partial charge < -0.3 is 25.0 Å². The van der Waals surface area contributed by atoms with E-state index < -0.39 is 0 Å². The Bertz CT molecular complexity index is 63.6. The number of nitrogens with one attached hydrogen (secondary N) is 1. The molecule has 0 bridgehead atoms. The molecule has 0 saturated carbocycles. The second-order valence-electron chi connectivity index (χ2n) is 1.82. The van der Waals surface area contributed by atoms with Crippen molar-refractivity contribution in [3.05, 3.63) is 0 Å². The Morgan fingerprint density at radius 3 is 1.73 bits per heavy atom. The van der Waals surface area contributed by atoms with E-state index in [9.17, 15) is 0 Å². The molecule has 0 saturated heterocycles. The maximum Gasteiger partial charge on any atom is 0.143 e. The number of aliphatic hydroxyl groups excluding tert-OH is 2. The Balaban J connectivity index is 2.69. The van der Waals surface area contributed by atoms with E-state index in [1.54, 1.807) is 0 Å². The zero-order chi connectivity index (χ0) is 8.36. The fraction of sp³-hybridized carbons (Fsp3) is 1.00. The van der Waals surface area contributed by atoms with Gasteiger partial charge in [-0.3, -0.25) is 0 Å². The fourth-order valence-corrected chi connectivity index (χ4v) is 0.543. The summed E-state index contributed by atoms with van der Waals surface area (Å²) in [6.07, 6.45) is 0. The summed E-state index contributed by atoms with van der Waals surface area (Å²) in [5, 5.41) is 19.4. The van der Waals surface area contributed by atoms with E-state index in [4.69, 9.17) is 10.2 Å². The van der Waals surface area contributed by atoms with Crippen LogP contribution in [0.1, 0.15) is 0 Å². The van der Waals surface area contributed by atoms with Gasteiger partial charge in [0, 0.05) is 13.1 Å². The Hall–Kier alpha value is -0.200. The SMILES string of the molecule is OCOCCNCCOCO. The smallest absolute Gasteiger partial charge is 0.143 e. The van der Waals surface area contributed by atoms with Gasteiger partial charge in [0.05, 0.1) is 13.2 Å². The van der Waals surface area contributed by atoms with Crippen LogP contribution in [0.25, 0.3) is 0 Å². The molecule has 0 aliphatic rings. The highest BCUT2D eigenvalue weighted by atomic mass is 16.6. The van der Waals surface area contributed by atoms with Gasteiger partial charge >= 0.3 is 0 Å². The molecule has 3 N–H and O–H groups in total. The average molecular weight is 165 g/mol. The molecule has 0 fully saturated rings. The number of aliphatic hydroxyl groups is 2. The molecular formula is C6H15NO4. The summed E-state index contributed by atoms with van der Waals surface area (Å²) in [5.41, 5.74) is 0. The summed E-state index contributed by atoms with van der Waals surface area (Å²) in [7, 11) is 0. The first-order chi connectivity index (χ1) is 5.41. The summed E-state index contributed by atoms with van der Waals surface area (Å²) in [6.45, 7) is 1.83. The minimum absolute atomic E-state index is 0.241. The highest BCUT2D eigenvalue weighted by Gasteiger charge is 1.86. The number of rotatable bonds is 8. The van der Waals surface area contributed by atoms with Crippen molar-refractivity contribution >= 4 is 0 Å². The van der Waals surface area contributed by atoms with Crippen LogP contribution in [0, 0.1) is 0 Å². The summed E-state index contributed by atoms with van der Waals surface area (Å²) >= 11 is 0. The summed E-state index contributed by atoms with van der Waals surface area (Å²) in [5.74, 6) is 0. The molecule has 5 nitrogen and oxygen atoms in total. The van der Waals surface area contributed by atoms with Gasteiger partial charge in [-0.25, -0.2) is 0 Å². The van der Waals surface area contributed by atoms with Gasteiger partial charge in [-0.2, -0.15) is 0 Å². The summed E-state index contributed by atoms with van der Waals surface area (Å²) in [4.78, 5) is 0. The zero-order valence-electron chi connectivity index (χ0n) is 6.45. The monoisotopic (exact) mass is 165 g/mol. The van der Waals surface area contributed by atoms with Gasteiger partial charge in [0.25, 0.3) is 0 Å². The van der Waals surface area contributed by atoms with Crippen LogP contribution in [0.3, 0.4) is 0 Å². The molecule has 0 aromatic rings. The third-order valence-corrected chi connectivity index (χ3v) is 1.03. The Morgan fingerprint density at radius 2 is 1.36 bits per heavy atom. The second kappa shape index (κ2) is 9.80. The van der Waals surface area contributed by atoms with Crippen LogP contribution in [0.2, 0.25) is 0 Å². The zero-order valence-corrected chi connectivity index (χ0v) is 6.45. The molecule has 0 aliphatic heterocycles. The second-order valence-corrected chi connectivity index (χ2v) is 1.82. The van der Waals surface area contributed by atoms with Crippen LogP contribution in [0.5, 0.6) is 0 Å². The van der Waals surface area contributed by atoms with Gasteiger partial charge in [0.2, 0.25) is 0 Å². The van der Waals surface area contributed by atoms with Crippen LogP contribution >= 0.6 is 0 Å². The molecule has 0 unspecified atom stereocenters. The van der Waals surface area contributed by atoms with Crippen LogP contribution in [0.4, 0.5) is 0 Å². The van der Waals surface area contributed by atoms with Crippen molar-refractivity contribution in [2.75, 3.05) is 39.9 Å².